The molecule has 0 aromatic heterocycles. The second-order valence-corrected chi connectivity index (χ2v) is 5.41. The van der Waals surface area contributed by atoms with Gasteiger partial charge in [0.1, 0.15) is 6.23 Å². The van der Waals surface area contributed by atoms with Crippen molar-refractivity contribution in [2.24, 2.45) is 5.92 Å². The minimum Gasteiger partial charge on any atom is -0.377 e. The third-order valence-corrected chi connectivity index (χ3v) is 4.34. The number of hydrazine groups is 1. The van der Waals surface area contributed by atoms with Crippen LogP contribution in [0.3, 0.4) is 0 Å². The van der Waals surface area contributed by atoms with Gasteiger partial charge in [-0.05, 0) is 25.5 Å². The Morgan fingerprint density at radius 1 is 1.28 bits per heavy atom. The smallest absolute Gasteiger partial charge is 0.121 e. The Hall–Kier alpha value is -0.940. The SMILES string of the molecule is CC1C2NNC(O)C2CCN1Cc1ccccc1. The molecule has 2 aliphatic rings. The number of hydrogen-bond donors (Lipinski definition) is 3. The van der Waals surface area contributed by atoms with Crippen LogP contribution in [0, 0.1) is 5.92 Å². The van der Waals surface area contributed by atoms with Gasteiger partial charge in [0.25, 0.3) is 0 Å². The summed E-state index contributed by atoms with van der Waals surface area (Å²) in [5.74, 6) is 0.340. The van der Waals surface area contributed by atoms with E-state index in [1.165, 1.54) is 5.56 Å². The number of likely N-dealkylation sites (tertiary alicyclic amines) is 1. The third kappa shape index (κ3) is 2.17. The van der Waals surface area contributed by atoms with Gasteiger partial charge in [-0.3, -0.25) is 10.3 Å². The van der Waals surface area contributed by atoms with Gasteiger partial charge in [-0.25, -0.2) is 5.43 Å². The number of hydrogen-bond acceptors (Lipinski definition) is 4. The fraction of sp³-hybridized carbons (Fsp3) is 0.571. The third-order valence-electron chi connectivity index (χ3n) is 4.34. The fourth-order valence-electron chi connectivity index (χ4n) is 3.19. The molecule has 1 aromatic carbocycles. The summed E-state index contributed by atoms with van der Waals surface area (Å²) in [5.41, 5.74) is 7.54. The average Bonchev–Trinajstić information content (AvgIpc) is 2.77. The highest BCUT2D eigenvalue weighted by molar-refractivity contribution is 5.15. The Kier molecular flexibility index (Phi) is 3.35. The van der Waals surface area contributed by atoms with E-state index in [1.807, 2.05) is 0 Å². The highest BCUT2D eigenvalue weighted by Gasteiger charge is 2.42. The van der Waals surface area contributed by atoms with Gasteiger partial charge in [-0.15, -0.1) is 0 Å². The van der Waals surface area contributed by atoms with Crippen molar-refractivity contribution >= 4 is 0 Å². The van der Waals surface area contributed by atoms with Gasteiger partial charge >= 0.3 is 0 Å². The van der Waals surface area contributed by atoms with Gasteiger partial charge in [0.15, 0.2) is 0 Å². The molecule has 2 fully saturated rings. The molecule has 0 spiro atoms. The van der Waals surface area contributed by atoms with Crippen LogP contribution in [-0.4, -0.2) is 34.9 Å². The summed E-state index contributed by atoms with van der Waals surface area (Å²) in [7, 11) is 0. The maximum absolute atomic E-state index is 9.83. The molecule has 0 amide bonds. The van der Waals surface area contributed by atoms with E-state index < -0.39 is 6.23 Å². The minimum atomic E-state index is -0.392. The molecule has 4 nitrogen and oxygen atoms in total. The first kappa shape index (κ1) is 12.1. The van der Waals surface area contributed by atoms with Crippen LogP contribution in [0.15, 0.2) is 30.3 Å². The second-order valence-electron chi connectivity index (χ2n) is 5.41. The van der Waals surface area contributed by atoms with Crippen LogP contribution in [0.5, 0.6) is 0 Å². The van der Waals surface area contributed by atoms with Crippen LogP contribution in [-0.2, 0) is 6.54 Å². The quantitative estimate of drug-likeness (QED) is 0.720. The molecule has 98 valence electrons. The Balaban J connectivity index is 1.68. The lowest BCUT2D eigenvalue weighted by Crippen LogP contribution is -2.53. The Bertz CT molecular complexity index is 397. The molecule has 0 aliphatic carbocycles. The largest absolute Gasteiger partial charge is 0.377 e. The summed E-state index contributed by atoms with van der Waals surface area (Å²) in [5, 5.41) is 9.83. The fourth-order valence-corrected chi connectivity index (χ4v) is 3.19. The minimum absolute atomic E-state index is 0.340. The highest BCUT2D eigenvalue weighted by Crippen LogP contribution is 2.29. The number of nitrogens with zero attached hydrogens (tertiary/aromatic N) is 1. The van der Waals surface area contributed by atoms with E-state index >= 15 is 0 Å². The van der Waals surface area contributed by atoms with E-state index in [9.17, 15) is 5.11 Å². The lowest BCUT2D eigenvalue weighted by molar-refractivity contribution is 0.0443. The zero-order chi connectivity index (χ0) is 12.5. The predicted molar refractivity (Wildman–Crippen MR) is 70.5 cm³/mol. The monoisotopic (exact) mass is 247 g/mol. The van der Waals surface area contributed by atoms with Gasteiger partial charge in [0.2, 0.25) is 0 Å². The number of nitrogens with one attached hydrogen (secondary N) is 2. The number of aliphatic hydroxyl groups excluding tert-OH is 1. The molecule has 4 atom stereocenters. The normalized spacial score (nSPS) is 36.6. The van der Waals surface area contributed by atoms with Gasteiger partial charge < -0.3 is 5.11 Å². The predicted octanol–water partition coefficient (Wildman–Crippen LogP) is 0.692. The van der Waals surface area contributed by atoms with Gasteiger partial charge in [0, 0.05) is 24.5 Å². The Morgan fingerprint density at radius 3 is 2.83 bits per heavy atom. The Labute approximate surface area is 108 Å². The molecule has 2 saturated heterocycles. The van der Waals surface area contributed by atoms with Gasteiger partial charge in [0.05, 0.1) is 0 Å². The summed E-state index contributed by atoms with van der Waals surface area (Å²) >= 11 is 0. The second kappa shape index (κ2) is 4.97. The molecular formula is C14H21N3O. The Morgan fingerprint density at radius 2 is 2.06 bits per heavy atom. The molecule has 4 unspecified atom stereocenters. The van der Waals surface area contributed by atoms with Crippen molar-refractivity contribution in [3.8, 4) is 0 Å². The number of benzene rings is 1. The van der Waals surface area contributed by atoms with Gasteiger partial charge in [-0.1, -0.05) is 30.3 Å². The number of piperidine rings is 1. The van der Waals surface area contributed by atoms with E-state index in [2.05, 4.69) is 53.0 Å². The molecule has 18 heavy (non-hydrogen) atoms. The maximum atomic E-state index is 9.83. The van der Waals surface area contributed by atoms with E-state index in [4.69, 9.17) is 0 Å². The summed E-state index contributed by atoms with van der Waals surface area (Å²) in [4.78, 5) is 2.49. The standard InChI is InChI=1S/C14H21N3O/c1-10-13-12(14(18)16-15-13)7-8-17(10)9-11-5-3-2-4-6-11/h2-6,10,12-16,18H,7-9H2,1H3. The number of fused-ring (bicyclic) bond motifs is 1. The van der Waals surface area contributed by atoms with Crippen molar-refractivity contribution in [2.45, 2.75) is 38.2 Å². The van der Waals surface area contributed by atoms with Gasteiger partial charge in [-0.2, -0.15) is 0 Å². The van der Waals surface area contributed by atoms with E-state index in [-0.39, 0.29) is 0 Å². The summed E-state index contributed by atoms with van der Waals surface area (Å²) in [6, 6.07) is 11.4. The summed E-state index contributed by atoms with van der Waals surface area (Å²) in [6.07, 6.45) is 0.652. The number of rotatable bonds is 2. The molecule has 3 N–H and O–H groups in total. The van der Waals surface area contributed by atoms with Crippen molar-refractivity contribution in [1.29, 1.82) is 0 Å². The maximum Gasteiger partial charge on any atom is 0.121 e. The first-order valence-electron chi connectivity index (χ1n) is 6.73. The van der Waals surface area contributed by atoms with Crippen LogP contribution < -0.4 is 10.9 Å². The average molecular weight is 247 g/mol. The first-order valence-corrected chi connectivity index (χ1v) is 6.73. The van der Waals surface area contributed by atoms with Crippen LogP contribution >= 0.6 is 0 Å². The zero-order valence-electron chi connectivity index (χ0n) is 10.7. The van der Waals surface area contributed by atoms with E-state index in [1.54, 1.807) is 0 Å². The highest BCUT2D eigenvalue weighted by atomic mass is 16.3. The lowest BCUT2D eigenvalue weighted by Gasteiger charge is -2.41. The summed E-state index contributed by atoms with van der Waals surface area (Å²) < 4.78 is 0. The van der Waals surface area contributed by atoms with Crippen molar-refractivity contribution in [2.75, 3.05) is 6.54 Å². The molecular weight excluding hydrogens is 226 g/mol. The molecule has 4 heteroatoms. The van der Waals surface area contributed by atoms with Crippen LogP contribution in [0.1, 0.15) is 18.9 Å². The van der Waals surface area contributed by atoms with E-state index in [0.29, 0.717) is 18.0 Å². The van der Waals surface area contributed by atoms with Crippen molar-refractivity contribution in [3.63, 3.8) is 0 Å². The molecule has 2 heterocycles. The molecule has 0 radical (unpaired) electrons. The molecule has 2 aliphatic heterocycles. The van der Waals surface area contributed by atoms with Crippen molar-refractivity contribution in [1.82, 2.24) is 15.8 Å². The molecule has 0 saturated carbocycles. The topological polar surface area (TPSA) is 47.5 Å². The van der Waals surface area contributed by atoms with Crippen LogP contribution in [0.25, 0.3) is 0 Å². The molecule has 1 aromatic rings. The van der Waals surface area contributed by atoms with Crippen molar-refractivity contribution in [3.05, 3.63) is 35.9 Å². The van der Waals surface area contributed by atoms with Crippen LogP contribution in [0.2, 0.25) is 0 Å². The molecule has 3 rings (SSSR count). The summed E-state index contributed by atoms with van der Waals surface area (Å²) in [6.45, 7) is 4.28. The zero-order valence-corrected chi connectivity index (χ0v) is 10.7. The van der Waals surface area contributed by atoms with Crippen molar-refractivity contribution < 1.29 is 5.11 Å². The van der Waals surface area contributed by atoms with E-state index in [0.717, 1.165) is 19.5 Å². The van der Waals surface area contributed by atoms with Crippen LogP contribution in [0.4, 0.5) is 0 Å². The lowest BCUT2D eigenvalue weighted by atomic mass is 9.86. The first-order chi connectivity index (χ1) is 8.75. The molecule has 0 bridgehead atoms. The number of aliphatic hydroxyl groups is 1.